The van der Waals surface area contributed by atoms with Gasteiger partial charge in [0.25, 0.3) is 0 Å². The average Bonchev–Trinajstić information content (AvgIpc) is 3.09. The number of carbonyl (C=O) groups is 1. The maximum Gasteiger partial charge on any atom is 0.324 e. The number of benzene rings is 2. The second-order valence-corrected chi connectivity index (χ2v) is 7.15. The summed E-state index contributed by atoms with van der Waals surface area (Å²) in [6.45, 7) is 6.97. The number of esters is 1. The van der Waals surface area contributed by atoms with Gasteiger partial charge in [-0.05, 0) is 32.4 Å². The summed E-state index contributed by atoms with van der Waals surface area (Å²) in [7, 11) is 0. The van der Waals surface area contributed by atoms with Crippen molar-refractivity contribution < 1.29 is 9.53 Å². The lowest BCUT2D eigenvalue weighted by atomic mass is 10.1. The van der Waals surface area contributed by atoms with E-state index in [4.69, 9.17) is 4.74 Å². The predicted octanol–water partition coefficient (Wildman–Crippen LogP) is 4.67. The van der Waals surface area contributed by atoms with Gasteiger partial charge in [0.15, 0.2) is 11.0 Å². The molecule has 0 bridgehead atoms. The van der Waals surface area contributed by atoms with E-state index >= 15 is 0 Å². The van der Waals surface area contributed by atoms with Crippen LogP contribution in [0.2, 0.25) is 0 Å². The largest absolute Gasteiger partial charge is 0.465 e. The molecule has 0 aliphatic carbocycles. The summed E-state index contributed by atoms with van der Waals surface area (Å²) in [5, 5.41) is 8.98. The Hall–Kier alpha value is -2.60. The molecular formula is C21H23N3O2S. The van der Waals surface area contributed by atoms with Crippen LogP contribution < -0.4 is 0 Å². The van der Waals surface area contributed by atoms with E-state index in [0.717, 1.165) is 17.0 Å². The molecule has 0 N–H and O–H groups in total. The molecule has 140 valence electrons. The molecule has 1 heterocycles. The topological polar surface area (TPSA) is 57.0 Å². The highest BCUT2D eigenvalue weighted by Gasteiger charge is 2.26. The van der Waals surface area contributed by atoms with Crippen LogP contribution in [-0.4, -0.2) is 27.3 Å². The molecule has 3 aromatic rings. The van der Waals surface area contributed by atoms with Crippen molar-refractivity contribution in [2.75, 3.05) is 6.61 Å². The van der Waals surface area contributed by atoms with Gasteiger partial charge in [-0.1, -0.05) is 65.9 Å². The molecule has 0 fully saturated rings. The number of thioether (sulfide) groups is 1. The number of hydrogen-bond acceptors (Lipinski definition) is 5. The molecule has 0 aliphatic heterocycles. The van der Waals surface area contributed by atoms with Gasteiger partial charge in [0.1, 0.15) is 5.25 Å². The first-order valence-corrected chi connectivity index (χ1v) is 9.90. The molecule has 0 saturated carbocycles. The van der Waals surface area contributed by atoms with Crippen LogP contribution >= 0.6 is 11.8 Å². The Balaban J connectivity index is 1.96. The van der Waals surface area contributed by atoms with Crippen molar-refractivity contribution in [2.45, 2.75) is 37.7 Å². The molecule has 1 atom stereocenters. The fourth-order valence-corrected chi connectivity index (χ4v) is 3.96. The minimum atomic E-state index is -0.481. The van der Waals surface area contributed by atoms with E-state index in [-0.39, 0.29) is 5.97 Å². The van der Waals surface area contributed by atoms with Crippen molar-refractivity contribution in [3.63, 3.8) is 0 Å². The van der Waals surface area contributed by atoms with Crippen molar-refractivity contribution in [1.29, 1.82) is 0 Å². The van der Waals surface area contributed by atoms with Gasteiger partial charge in [-0.15, -0.1) is 10.2 Å². The molecule has 3 rings (SSSR count). The monoisotopic (exact) mass is 381 g/mol. The zero-order valence-corrected chi connectivity index (χ0v) is 16.6. The number of ether oxygens (including phenoxy) is 1. The smallest absolute Gasteiger partial charge is 0.324 e. The van der Waals surface area contributed by atoms with Gasteiger partial charge >= 0.3 is 5.97 Å². The van der Waals surface area contributed by atoms with Crippen LogP contribution in [0.1, 0.15) is 30.2 Å². The lowest BCUT2D eigenvalue weighted by Crippen LogP contribution is -2.14. The summed E-state index contributed by atoms with van der Waals surface area (Å²) >= 11 is 1.38. The molecule has 0 saturated heterocycles. The Bertz CT molecular complexity index is 909. The fourth-order valence-electron chi connectivity index (χ4n) is 2.86. The number of carbonyl (C=O) groups excluding carboxylic acids is 1. The van der Waals surface area contributed by atoms with Crippen molar-refractivity contribution in [1.82, 2.24) is 14.8 Å². The number of aromatic nitrogens is 3. The maximum atomic E-state index is 12.6. The number of aryl methyl sites for hydroxylation is 1. The summed E-state index contributed by atoms with van der Waals surface area (Å²) in [5.74, 6) is 0.538. The third-order valence-corrected chi connectivity index (χ3v) is 5.35. The summed E-state index contributed by atoms with van der Waals surface area (Å²) in [6.07, 6.45) is 0. The SMILES string of the molecule is CCOC(=O)C(Sc1nnc(-c2cccc(C)c2)n1CC)c1ccccc1. The van der Waals surface area contributed by atoms with Gasteiger partial charge < -0.3 is 9.30 Å². The Kier molecular flexibility index (Phi) is 6.29. The van der Waals surface area contributed by atoms with Gasteiger partial charge in [0.05, 0.1) is 6.61 Å². The van der Waals surface area contributed by atoms with Crippen LogP contribution in [0.3, 0.4) is 0 Å². The number of hydrogen-bond donors (Lipinski definition) is 0. The normalized spacial score (nSPS) is 12.0. The molecule has 0 amide bonds. The van der Waals surface area contributed by atoms with Crippen LogP contribution in [0.25, 0.3) is 11.4 Å². The highest BCUT2D eigenvalue weighted by Crippen LogP contribution is 2.36. The molecule has 1 aromatic heterocycles. The van der Waals surface area contributed by atoms with Crippen molar-refractivity contribution in [2.24, 2.45) is 0 Å². The Morgan fingerprint density at radius 1 is 1.11 bits per heavy atom. The van der Waals surface area contributed by atoms with E-state index < -0.39 is 5.25 Å². The number of nitrogens with zero attached hydrogens (tertiary/aromatic N) is 3. The van der Waals surface area contributed by atoms with E-state index in [9.17, 15) is 4.79 Å². The van der Waals surface area contributed by atoms with Crippen molar-refractivity contribution in [3.8, 4) is 11.4 Å². The first kappa shape index (κ1) is 19.2. The fraction of sp³-hybridized carbons (Fsp3) is 0.286. The zero-order valence-electron chi connectivity index (χ0n) is 15.8. The quantitative estimate of drug-likeness (QED) is 0.440. The van der Waals surface area contributed by atoms with E-state index in [1.807, 2.05) is 54.0 Å². The lowest BCUT2D eigenvalue weighted by Gasteiger charge is -2.16. The van der Waals surface area contributed by atoms with Crippen molar-refractivity contribution >= 4 is 17.7 Å². The van der Waals surface area contributed by atoms with Gasteiger partial charge in [0, 0.05) is 12.1 Å². The molecule has 6 heteroatoms. The summed E-state index contributed by atoms with van der Waals surface area (Å²) in [6, 6.07) is 17.8. The lowest BCUT2D eigenvalue weighted by molar-refractivity contribution is -0.142. The molecule has 0 aliphatic rings. The predicted molar refractivity (Wildman–Crippen MR) is 108 cm³/mol. The van der Waals surface area contributed by atoms with Gasteiger partial charge in [0.2, 0.25) is 0 Å². The first-order valence-electron chi connectivity index (χ1n) is 9.02. The van der Waals surface area contributed by atoms with Crippen LogP contribution in [-0.2, 0) is 16.1 Å². The van der Waals surface area contributed by atoms with Gasteiger partial charge in [-0.2, -0.15) is 0 Å². The highest BCUT2D eigenvalue weighted by atomic mass is 32.2. The second kappa shape index (κ2) is 8.86. The number of rotatable bonds is 7. The Labute approximate surface area is 163 Å². The molecular weight excluding hydrogens is 358 g/mol. The molecule has 2 aromatic carbocycles. The Morgan fingerprint density at radius 2 is 1.89 bits per heavy atom. The van der Waals surface area contributed by atoms with E-state index in [0.29, 0.717) is 18.3 Å². The molecule has 5 nitrogen and oxygen atoms in total. The second-order valence-electron chi connectivity index (χ2n) is 6.08. The van der Waals surface area contributed by atoms with Crippen LogP contribution in [0.15, 0.2) is 59.8 Å². The summed E-state index contributed by atoms with van der Waals surface area (Å²) in [4.78, 5) is 12.6. The standard InChI is InChI=1S/C21H23N3O2S/c1-4-24-19(17-13-9-10-15(3)14-17)22-23-21(24)27-18(20(25)26-5-2)16-11-7-6-8-12-16/h6-14,18H,4-5H2,1-3H3. The van der Waals surface area contributed by atoms with Crippen molar-refractivity contribution in [3.05, 3.63) is 65.7 Å². The zero-order chi connectivity index (χ0) is 19.2. The van der Waals surface area contributed by atoms with Crippen LogP contribution in [0.5, 0.6) is 0 Å². The van der Waals surface area contributed by atoms with E-state index in [2.05, 4.69) is 36.2 Å². The molecule has 27 heavy (non-hydrogen) atoms. The van der Waals surface area contributed by atoms with E-state index in [1.54, 1.807) is 0 Å². The Morgan fingerprint density at radius 3 is 2.56 bits per heavy atom. The third kappa shape index (κ3) is 4.39. The minimum Gasteiger partial charge on any atom is -0.465 e. The van der Waals surface area contributed by atoms with Gasteiger partial charge in [-0.3, -0.25) is 4.79 Å². The summed E-state index contributed by atoms with van der Waals surface area (Å²) < 4.78 is 7.33. The summed E-state index contributed by atoms with van der Waals surface area (Å²) in [5.41, 5.74) is 3.08. The van der Waals surface area contributed by atoms with Gasteiger partial charge in [-0.25, -0.2) is 0 Å². The molecule has 1 unspecified atom stereocenters. The molecule has 0 spiro atoms. The van der Waals surface area contributed by atoms with E-state index in [1.165, 1.54) is 17.3 Å². The molecule has 0 radical (unpaired) electrons. The minimum absolute atomic E-state index is 0.267. The average molecular weight is 382 g/mol. The third-order valence-electron chi connectivity index (χ3n) is 4.14. The first-order chi connectivity index (χ1) is 13.1. The van der Waals surface area contributed by atoms with Crippen LogP contribution in [0, 0.1) is 6.92 Å². The highest BCUT2D eigenvalue weighted by molar-refractivity contribution is 8.00. The maximum absolute atomic E-state index is 12.6. The van der Waals surface area contributed by atoms with Crippen LogP contribution in [0.4, 0.5) is 0 Å².